The second kappa shape index (κ2) is 8.33. The number of rotatable bonds is 4. The Bertz CT molecular complexity index is 1170. The standard InChI is InChI=1S/C22H14ClNO3.Na/c23-17-8-6-15(7-9-17)21(25)20-19(14-4-2-1-3-5-14)13-18-12-16(22(26)27)10-11-24(18)20;/h1-13H,(H,26,27);/q;+1/p-1. The van der Waals surface area contributed by atoms with Crippen molar-refractivity contribution in [2.45, 2.75) is 0 Å². The minimum absolute atomic E-state index is 0. The van der Waals surface area contributed by atoms with Gasteiger partial charge in [-0.05, 0) is 48.0 Å². The topological polar surface area (TPSA) is 61.6 Å². The molecule has 0 radical (unpaired) electrons. The number of carboxylic acids is 1. The molecule has 0 saturated heterocycles. The number of aromatic carboxylic acids is 1. The van der Waals surface area contributed by atoms with Gasteiger partial charge in [0.15, 0.2) is 0 Å². The molecule has 0 bridgehead atoms. The molecule has 0 amide bonds. The van der Waals surface area contributed by atoms with Crippen molar-refractivity contribution in [1.82, 2.24) is 4.40 Å². The quantitative estimate of drug-likeness (QED) is 0.379. The van der Waals surface area contributed by atoms with Gasteiger partial charge in [0.05, 0.1) is 5.97 Å². The first-order valence-corrected chi connectivity index (χ1v) is 8.64. The number of fused-ring (bicyclic) bond motifs is 1. The Labute approximate surface area is 188 Å². The summed E-state index contributed by atoms with van der Waals surface area (Å²) in [6.45, 7) is 0. The molecule has 2 heterocycles. The first-order chi connectivity index (χ1) is 13.0. The van der Waals surface area contributed by atoms with Gasteiger partial charge in [-0.2, -0.15) is 0 Å². The molecule has 0 N–H and O–H groups in total. The molecule has 0 spiro atoms. The molecule has 0 aliphatic heterocycles. The normalized spacial score (nSPS) is 10.5. The van der Waals surface area contributed by atoms with Crippen LogP contribution in [0.5, 0.6) is 0 Å². The minimum atomic E-state index is -1.26. The van der Waals surface area contributed by atoms with Crippen molar-refractivity contribution in [3.63, 3.8) is 0 Å². The first kappa shape index (κ1) is 20.4. The van der Waals surface area contributed by atoms with E-state index in [1.165, 1.54) is 12.1 Å². The zero-order valence-electron chi connectivity index (χ0n) is 15.1. The van der Waals surface area contributed by atoms with Crippen LogP contribution in [0.2, 0.25) is 5.02 Å². The summed E-state index contributed by atoms with van der Waals surface area (Å²) in [5.74, 6) is -1.43. The fourth-order valence-electron chi connectivity index (χ4n) is 3.11. The van der Waals surface area contributed by atoms with E-state index in [4.69, 9.17) is 11.6 Å². The van der Waals surface area contributed by atoms with Crippen LogP contribution in [0, 0.1) is 0 Å². The van der Waals surface area contributed by atoms with Gasteiger partial charge in [0.25, 0.3) is 0 Å². The maximum atomic E-state index is 13.3. The number of benzene rings is 2. The van der Waals surface area contributed by atoms with Crippen LogP contribution >= 0.6 is 11.6 Å². The van der Waals surface area contributed by atoms with E-state index in [0.29, 0.717) is 21.8 Å². The number of aromatic nitrogens is 1. The molecule has 132 valence electrons. The molecule has 0 fully saturated rings. The number of halogens is 1. The zero-order chi connectivity index (χ0) is 19.0. The van der Waals surface area contributed by atoms with Crippen LogP contribution in [0.3, 0.4) is 0 Å². The molecular weight excluding hydrogens is 385 g/mol. The molecule has 2 aromatic heterocycles. The molecule has 0 atom stereocenters. The predicted molar refractivity (Wildman–Crippen MR) is 102 cm³/mol. The number of hydrogen-bond acceptors (Lipinski definition) is 3. The third-order valence-electron chi connectivity index (χ3n) is 4.41. The zero-order valence-corrected chi connectivity index (χ0v) is 17.8. The van der Waals surface area contributed by atoms with Gasteiger partial charge in [-0.15, -0.1) is 0 Å². The smallest absolute Gasteiger partial charge is 0.545 e. The van der Waals surface area contributed by atoms with Crippen molar-refractivity contribution in [2.24, 2.45) is 0 Å². The number of hydrogen-bond donors (Lipinski definition) is 0. The van der Waals surface area contributed by atoms with Crippen LogP contribution in [0.1, 0.15) is 26.4 Å². The molecule has 28 heavy (non-hydrogen) atoms. The summed E-state index contributed by atoms with van der Waals surface area (Å²) in [4.78, 5) is 24.4. The van der Waals surface area contributed by atoms with E-state index in [1.807, 2.05) is 36.4 Å². The monoisotopic (exact) mass is 397 g/mol. The molecular formula is C22H13ClNNaO3. The molecule has 0 unspecified atom stereocenters. The van der Waals surface area contributed by atoms with Crippen molar-refractivity contribution in [1.29, 1.82) is 0 Å². The number of carbonyl (C=O) groups is 2. The molecule has 0 saturated carbocycles. The fraction of sp³-hybridized carbons (Fsp3) is 0. The second-order valence-electron chi connectivity index (χ2n) is 6.11. The summed E-state index contributed by atoms with van der Waals surface area (Å²) < 4.78 is 1.70. The molecule has 2 aromatic carbocycles. The first-order valence-electron chi connectivity index (χ1n) is 8.27. The van der Waals surface area contributed by atoms with Gasteiger partial charge in [-0.3, -0.25) is 4.79 Å². The Hall–Kier alpha value is -2.37. The van der Waals surface area contributed by atoms with Gasteiger partial charge in [-0.1, -0.05) is 41.9 Å². The summed E-state index contributed by atoms with van der Waals surface area (Å²) in [5.41, 5.74) is 3.22. The fourth-order valence-corrected chi connectivity index (χ4v) is 3.24. The minimum Gasteiger partial charge on any atom is -0.545 e. The van der Waals surface area contributed by atoms with Gasteiger partial charge in [0, 0.05) is 33.4 Å². The molecule has 4 aromatic rings. The summed E-state index contributed by atoms with van der Waals surface area (Å²) in [6, 6.07) is 20.9. The molecule has 6 heteroatoms. The average molecular weight is 398 g/mol. The van der Waals surface area contributed by atoms with Crippen molar-refractivity contribution in [3.8, 4) is 11.1 Å². The van der Waals surface area contributed by atoms with Crippen LogP contribution in [0.15, 0.2) is 79.0 Å². The van der Waals surface area contributed by atoms with Gasteiger partial charge in [-0.25, -0.2) is 0 Å². The van der Waals surface area contributed by atoms with Crippen molar-refractivity contribution < 1.29 is 44.3 Å². The van der Waals surface area contributed by atoms with Crippen LogP contribution in [0.25, 0.3) is 16.6 Å². The average Bonchev–Trinajstić information content (AvgIpc) is 3.07. The number of carbonyl (C=O) groups excluding carboxylic acids is 2. The maximum Gasteiger partial charge on any atom is 1.00 e. The number of ketones is 1. The van der Waals surface area contributed by atoms with E-state index >= 15 is 0 Å². The van der Waals surface area contributed by atoms with Gasteiger partial charge >= 0.3 is 29.6 Å². The van der Waals surface area contributed by atoms with E-state index < -0.39 is 5.97 Å². The Morgan fingerprint density at radius 1 is 0.857 bits per heavy atom. The van der Waals surface area contributed by atoms with Gasteiger partial charge < -0.3 is 14.3 Å². The Morgan fingerprint density at radius 3 is 2.18 bits per heavy atom. The van der Waals surface area contributed by atoms with E-state index in [1.54, 1.807) is 34.9 Å². The van der Waals surface area contributed by atoms with Crippen molar-refractivity contribution in [3.05, 3.63) is 101 Å². The second-order valence-corrected chi connectivity index (χ2v) is 6.54. The van der Waals surface area contributed by atoms with Crippen LogP contribution < -0.4 is 34.7 Å². The number of carboxylic acid groups (broad SMARTS) is 1. The Balaban J connectivity index is 0.00000225. The predicted octanol–water partition coefficient (Wildman–Crippen LogP) is 0.858. The number of nitrogens with zero attached hydrogens (tertiary/aromatic N) is 1. The van der Waals surface area contributed by atoms with Crippen molar-refractivity contribution in [2.75, 3.05) is 0 Å². The van der Waals surface area contributed by atoms with E-state index in [9.17, 15) is 14.7 Å². The summed E-state index contributed by atoms with van der Waals surface area (Å²) in [6.07, 6.45) is 1.58. The largest absolute Gasteiger partial charge is 1.00 e. The van der Waals surface area contributed by atoms with E-state index in [-0.39, 0.29) is 40.9 Å². The third kappa shape index (κ3) is 3.77. The maximum absolute atomic E-state index is 13.3. The van der Waals surface area contributed by atoms with E-state index in [2.05, 4.69) is 0 Å². The SMILES string of the molecule is O=C([O-])c1ccn2c(C(=O)c3ccc(Cl)cc3)c(-c3ccccc3)cc2c1.[Na+]. The van der Waals surface area contributed by atoms with Gasteiger partial charge in [0.2, 0.25) is 5.78 Å². The summed E-state index contributed by atoms with van der Waals surface area (Å²) in [7, 11) is 0. The molecule has 4 nitrogen and oxygen atoms in total. The Kier molecular flexibility index (Phi) is 6.06. The van der Waals surface area contributed by atoms with Crippen LogP contribution in [0.4, 0.5) is 0 Å². The van der Waals surface area contributed by atoms with Crippen LogP contribution in [-0.2, 0) is 0 Å². The third-order valence-corrected chi connectivity index (χ3v) is 4.67. The molecule has 4 rings (SSSR count). The molecule has 0 aliphatic rings. The van der Waals surface area contributed by atoms with Gasteiger partial charge in [0.1, 0.15) is 5.69 Å². The summed E-state index contributed by atoms with van der Waals surface area (Å²) in [5, 5.41) is 11.7. The van der Waals surface area contributed by atoms with E-state index in [0.717, 1.165) is 11.1 Å². The van der Waals surface area contributed by atoms with Crippen LogP contribution in [-0.4, -0.2) is 16.2 Å². The van der Waals surface area contributed by atoms with Crippen molar-refractivity contribution >= 4 is 28.9 Å². The summed E-state index contributed by atoms with van der Waals surface area (Å²) >= 11 is 5.93. The number of pyridine rings is 1. The molecule has 0 aliphatic carbocycles. The Morgan fingerprint density at radius 2 is 1.54 bits per heavy atom.